The van der Waals surface area contributed by atoms with Crippen molar-refractivity contribution in [3.05, 3.63) is 77.5 Å². The number of halogens is 3. The smallest absolute Gasteiger partial charge is 0.345 e. The number of hydrogen-bond donors (Lipinski definition) is 5. The molecule has 12 heteroatoms. The highest BCUT2D eigenvalue weighted by molar-refractivity contribution is 7.80. The lowest BCUT2D eigenvalue weighted by atomic mass is 9.96. The van der Waals surface area contributed by atoms with Gasteiger partial charge in [0.05, 0.1) is 49.3 Å². The van der Waals surface area contributed by atoms with Crippen molar-refractivity contribution in [1.29, 1.82) is 0 Å². The molecule has 234 valence electrons. The van der Waals surface area contributed by atoms with Gasteiger partial charge in [-0.3, -0.25) is 14.6 Å². The molecule has 0 saturated carbocycles. The zero-order valence-corrected chi connectivity index (χ0v) is 25.1. The number of carbonyl (C=O) groups is 2. The van der Waals surface area contributed by atoms with Crippen molar-refractivity contribution >= 4 is 35.2 Å². The normalized spacial score (nSPS) is 13.6. The number of aromatic nitrogens is 1. The standard InChI is InChI=1S/C31H41F3N6O2S/c32-31(33,34)25-9-7-22(8-10-25)19-28(29(41)20-23-18-24-4-1-2-6-27(24)38-21-23)39-30(42)26(37)5-3-13-40(14-11-35,15-12-36)16-17-43/h1-2,4,6-10,18,21,26,28H,3,5,11-17,19-20,35-37H2,(H-,39,42,43)/p+1/t26-,28+/m0/s1. The number of nitrogens with two attached hydrogens (primary N) is 3. The van der Waals surface area contributed by atoms with Crippen molar-refractivity contribution in [3.63, 3.8) is 0 Å². The van der Waals surface area contributed by atoms with Gasteiger partial charge in [-0.1, -0.05) is 30.3 Å². The zero-order chi connectivity index (χ0) is 31.5. The van der Waals surface area contributed by atoms with Crippen LogP contribution in [0.1, 0.15) is 29.5 Å². The van der Waals surface area contributed by atoms with E-state index in [1.165, 1.54) is 12.1 Å². The van der Waals surface area contributed by atoms with E-state index in [-0.39, 0.29) is 18.6 Å². The molecule has 0 spiro atoms. The summed E-state index contributed by atoms with van der Waals surface area (Å²) >= 11 is 4.39. The SMILES string of the molecule is NCC[N+](CCN)(CCS)CCC[C@H](N)C(=O)N[C@H](Cc1ccc(C(F)(F)F)cc1)C(=O)Cc1cnc2ccccc2c1. The molecule has 0 bridgehead atoms. The summed E-state index contributed by atoms with van der Waals surface area (Å²) in [6.45, 7) is 4.02. The second-order valence-corrected chi connectivity index (χ2v) is 11.4. The second kappa shape index (κ2) is 16.2. The first kappa shape index (κ1) is 34.5. The van der Waals surface area contributed by atoms with Crippen LogP contribution in [0.5, 0.6) is 0 Å². The van der Waals surface area contributed by atoms with E-state index >= 15 is 0 Å². The van der Waals surface area contributed by atoms with Gasteiger partial charge in [-0.15, -0.1) is 0 Å². The summed E-state index contributed by atoms with van der Waals surface area (Å²) in [6, 6.07) is 12.1. The molecule has 8 nitrogen and oxygen atoms in total. The topological polar surface area (TPSA) is 137 Å². The lowest BCUT2D eigenvalue weighted by Gasteiger charge is -2.38. The van der Waals surface area contributed by atoms with Gasteiger partial charge in [0.15, 0.2) is 5.78 Å². The number of benzene rings is 2. The van der Waals surface area contributed by atoms with Crippen LogP contribution in [0.2, 0.25) is 0 Å². The number of quaternary nitrogens is 1. The second-order valence-electron chi connectivity index (χ2n) is 10.9. The first-order chi connectivity index (χ1) is 20.5. The van der Waals surface area contributed by atoms with Gasteiger partial charge in [0, 0.05) is 36.8 Å². The van der Waals surface area contributed by atoms with Crippen LogP contribution in [0.25, 0.3) is 10.9 Å². The first-order valence-corrected chi connectivity index (χ1v) is 15.1. The molecular weight excluding hydrogens is 577 g/mol. The maximum absolute atomic E-state index is 13.5. The third-order valence-electron chi connectivity index (χ3n) is 7.72. The molecule has 3 rings (SSSR count). The Morgan fingerprint density at radius 2 is 1.63 bits per heavy atom. The number of ketones is 1. The number of carbonyl (C=O) groups excluding carboxylic acids is 2. The van der Waals surface area contributed by atoms with Gasteiger partial charge in [-0.2, -0.15) is 25.8 Å². The largest absolute Gasteiger partial charge is 0.416 e. The molecule has 1 heterocycles. The Morgan fingerprint density at radius 3 is 2.26 bits per heavy atom. The van der Waals surface area contributed by atoms with E-state index in [9.17, 15) is 22.8 Å². The van der Waals surface area contributed by atoms with E-state index in [1.54, 1.807) is 6.20 Å². The number of nitrogens with one attached hydrogen (secondary N) is 1. The van der Waals surface area contributed by atoms with Crippen molar-refractivity contribution < 1.29 is 27.2 Å². The molecular formula is C31H42F3N6O2S+. The minimum Gasteiger partial charge on any atom is -0.345 e. The molecule has 0 fully saturated rings. The molecule has 1 amide bonds. The van der Waals surface area contributed by atoms with Gasteiger partial charge >= 0.3 is 6.18 Å². The molecule has 0 aliphatic heterocycles. The number of nitrogens with zero attached hydrogens (tertiary/aromatic N) is 2. The quantitative estimate of drug-likeness (QED) is 0.116. The molecule has 0 radical (unpaired) electrons. The Labute approximate surface area is 256 Å². The third-order valence-corrected chi connectivity index (χ3v) is 7.92. The summed E-state index contributed by atoms with van der Waals surface area (Å²) in [5.41, 5.74) is 19.1. The van der Waals surface area contributed by atoms with E-state index in [0.717, 1.165) is 49.2 Å². The van der Waals surface area contributed by atoms with Crippen LogP contribution in [-0.4, -0.2) is 78.3 Å². The van der Waals surface area contributed by atoms with Crippen molar-refractivity contribution in [1.82, 2.24) is 10.3 Å². The number of thiol groups is 1. The summed E-state index contributed by atoms with van der Waals surface area (Å²) in [5.74, 6) is -0.118. The number of hydrogen-bond acceptors (Lipinski definition) is 7. The zero-order valence-electron chi connectivity index (χ0n) is 24.2. The van der Waals surface area contributed by atoms with Gasteiger partial charge in [0.2, 0.25) is 5.91 Å². The van der Waals surface area contributed by atoms with E-state index in [1.807, 2.05) is 30.3 Å². The number of alkyl halides is 3. The van der Waals surface area contributed by atoms with Crippen LogP contribution in [0.3, 0.4) is 0 Å². The van der Waals surface area contributed by atoms with E-state index < -0.39 is 29.7 Å². The van der Waals surface area contributed by atoms with Crippen LogP contribution in [0.4, 0.5) is 13.2 Å². The molecule has 0 saturated heterocycles. The summed E-state index contributed by atoms with van der Waals surface area (Å²) in [4.78, 5) is 31.1. The fourth-order valence-corrected chi connectivity index (χ4v) is 5.76. The number of para-hydroxylation sites is 1. The van der Waals surface area contributed by atoms with Crippen LogP contribution >= 0.6 is 12.6 Å². The van der Waals surface area contributed by atoms with Crippen molar-refractivity contribution in [3.8, 4) is 0 Å². The van der Waals surface area contributed by atoms with E-state index in [0.29, 0.717) is 47.3 Å². The van der Waals surface area contributed by atoms with Crippen molar-refractivity contribution in [2.45, 2.75) is 43.9 Å². The predicted molar refractivity (Wildman–Crippen MR) is 166 cm³/mol. The Kier molecular flexibility index (Phi) is 12.9. The van der Waals surface area contributed by atoms with Gasteiger partial charge < -0.3 is 27.0 Å². The van der Waals surface area contributed by atoms with Gasteiger partial charge in [0.1, 0.15) is 0 Å². The lowest BCUT2D eigenvalue weighted by molar-refractivity contribution is -0.923. The molecule has 7 N–H and O–H groups in total. The number of pyridine rings is 1. The molecule has 0 aliphatic rings. The molecule has 0 aliphatic carbocycles. The summed E-state index contributed by atoms with van der Waals surface area (Å²) in [6.07, 6.45) is -1.84. The molecule has 43 heavy (non-hydrogen) atoms. The average Bonchev–Trinajstić information content (AvgIpc) is 2.97. The highest BCUT2D eigenvalue weighted by Crippen LogP contribution is 2.29. The number of rotatable bonds is 17. The summed E-state index contributed by atoms with van der Waals surface area (Å²) in [5, 5.41) is 3.65. The highest BCUT2D eigenvalue weighted by Gasteiger charge is 2.31. The van der Waals surface area contributed by atoms with Gasteiger partial charge in [-0.25, -0.2) is 0 Å². The van der Waals surface area contributed by atoms with Crippen molar-refractivity contribution in [2.24, 2.45) is 17.2 Å². The number of fused-ring (bicyclic) bond motifs is 1. The van der Waals surface area contributed by atoms with E-state index in [2.05, 4.69) is 22.9 Å². The van der Waals surface area contributed by atoms with Crippen LogP contribution < -0.4 is 22.5 Å². The molecule has 2 atom stereocenters. The number of amides is 1. The molecule has 3 aromatic rings. The van der Waals surface area contributed by atoms with Crippen molar-refractivity contribution in [2.75, 3.05) is 45.0 Å². The fraction of sp³-hybridized carbons (Fsp3) is 0.452. The van der Waals surface area contributed by atoms with E-state index in [4.69, 9.17) is 17.2 Å². The van der Waals surface area contributed by atoms with Crippen LogP contribution in [0, 0.1) is 0 Å². The van der Waals surface area contributed by atoms with Crippen LogP contribution in [-0.2, 0) is 28.6 Å². The monoisotopic (exact) mass is 619 g/mol. The lowest BCUT2D eigenvalue weighted by Crippen LogP contribution is -2.55. The van der Waals surface area contributed by atoms with Gasteiger partial charge in [0.25, 0.3) is 0 Å². The highest BCUT2D eigenvalue weighted by atomic mass is 32.1. The minimum atomic E-state index is -4.48. The summed E-state index contributed by atoms with van der Waals surface area (Å²) < 4.78 is 39.9. The maximum atomic E-state index is 13.5. The third kappa shape index (κ3) is 10.3. The maximum Gasteiger partial charge on any atom is 0.416 e. The number of Topliss-reactive ketones (excluding diaryl/α,β-unsaturated/α-hetero) is 1. The Hall–Kier alpha value is -3.03. The fourth-order valence-electron chi connectivity index (χ4n) is 5.34. The molecule has 0 unspecified atom stereocenters. The van der Waals surface area contributed by atoms with Crippen LogP contribution in [0.15, 0.2) is 60.8 Å². The first-order valence-electron chi connectivity index (χ1n) is 14.4. The minimum absolute atomic E-state index is 0.0133. The predicted octanol–water partition coefficient (Wildman–Crippen LogP) is 2.86. The summed E-state index contributed by atoms with van der Waals surface area (Å²) in [7, 11) is 0. The average molecular weight is 620 g/mol. The molecule has 2 aromatic carbocycles. The Balaban J connectivity index is 1.73. The Bertz CT molecular complexity index is 1320. The molecule has 1 aromatic heterocycles. The van der Waals surface area contributed by atoms with Gasteiger partial charge in [-0.05, 0) is 54.7 Å². The Morgan fingerprint density at radius 1 is 0.953 bits per heavy atom.